The Morgan fingerprint density at radius 3 is 2.95 bits per heavy atom. The molecule has 0 spiro atoms. The topological polar surface area (TPSA) is 51.2 Å². The molecule has 0 unspecified atom stereocenters. The van der Waals surface area contributed by atoms with Crippen LogP contribution in [0.1, 0.15) is 29.9 Å². The molecule has 0 aliphatic heterocycles. The summed E-state index contributed by atoms with van der Waals surface area (Å²) in [5.74, 6) is 0.798. The number of nitrogens with zero attached hydrogens (tertiary/aromatic N) is 1. The second-order valence-electron chi connectivity index (χ2n) is 4.43. The van der Waals surface area contributed by atoms with Crippen molar-refractivity contribution in [3.8, 4) is 5.75 Å². The van der Waals surface area contributed by atoms with Crippen LogP contribution >= 0.6 is 22.9 Å². The molecule has 6 heteroatoms. The second kappa shape index (κ2) is 6.72. The third-order valence-corrected chi connectivity index (χ3v) is 3.46. The summed E-state index contributed by atoms with van der Waals surface area (Å²) in [7, 11) is 0. The number of halogens is 1. The van der Waals surface area contributed by atoms with Crippen LogP contribution in [0.4, 0.5) is 5.13 Å². The van der Waals surface area contributed by atoms with Crippen molar-refractivity contribution in [2.45, 2.75) is 25.8 Å². The number of carbonyl (C=O) groups excluding carboxylic acids is 1. The predicted octanol–water partition coefficient (Wildman–Crippen LogP) is 3.92. The van der Waals surface area contributed by atoms with Gasteiger partial charge in [0.25, 0.3) is 5.91 Å². The summed E-state index contributed by atoms with van der Waals surface area (Å²) in [6.45, 7) is 3.88. The molecule has 1 heterocycles. The zero-order valence-corrected chi connectivity index (χ0v) is 12.8. The molecule has 0 aliphatic rings. The molecule has 1 amide bonds. The average Bonchev–Trinajstić information content (AvgIpc) is 2.86. The zero-order chi connectivity index (χ0) is 14.5. The maximum absolute atomic E-state index is 12.1. The lowest BCUT2D eigenvalue weighted by Crippen LogP contribution is -2.12. The molecular weight excluding hydrogens is 296 g/mol. The van der Waals surface area contributed by atoms with E-state index in [9.17, 15) is 4.79 Å². The van der Waals surface area contributed by atoms with Crippen LogP contribution in [0, 0.1) is 0 Å². The molecule has 2 rings (SSSR count). The largest absolute Gasteiger partial charge is 0.491 e. The van der Waals surface area contributed by atoms with E-state index in [1.54, 1.807) is 18.2 Å². The molecular formula is C14H15ClN2O2S. The summed E-state index contributed by atoms with van der Waals surface area (Å²) in [6, 6.07) is 7.06. The smallest absolute Gasteiger partial charge is 0.257 e. The van der Waals surface area contributed by atoms with Crippen molar-refractivity contribution in [1.82, 2.24) is 4.98 Å². The lowest BCUT2D eigenvalue weighted by molar-refractivity contribution is 0.102. The minimum absolute atomic E-state index is 0.0681. The van der Waals surface area contributed by atoms with Gasteiger partial charge in [0, 0.05) is 10.9 Å². The third kappa shape index (κ3) is 3.95. The molecule has 0 saturated carbocycles. The number of amides is 1. The number of hydrogen-bond donors (Lipinski definition) is 1. The fraction of sp³-hybridized carbons (Fsp3) is 0.286. The van der Waals surface area contributed by atoms with Crippen LogP contribution in [0.3, 0.4) is 0 Å². The van der Waals surface area contributed by atoms with Gasteiger partial charge in [-0.05, 0) is 32.0 Å². The van der Waals surface area contributed by atoms with E-state index in [1.807, 2.05) is 25.3 Å². The number of benzene rings is 1. The van der Waals surface area contributed by atoms with Crippen LogP contribution in [0.15, 0.2) is 29.6 Å². The van der Waals surface area contributed by atoms with Gasteiger partial charge in [-0.2, -0.15) is 0 Å². The molecule has 106 valence electrons. The monoisotopic (exact) mass is 310 g/mol. The Morgan fingerprint density at radius 1 is 1.50 bits per heavy atom. The first-order chi connectivity index (χ1) is 9.58. The lowest BCUT2D eigenvalue weighted by Gasteiger charge is -2.10. The molecule has 4 nitrogen and oxygen atoms in total. The average molecular weight is 311 g/mol. The van der Waals surface area contributed by atoms with E-state index in [1.165, 1.54) is 11.3 Å². The molecule has 2 aromatic rings. The number of rotatable bonds is 5. The van der Waals surface area contributed by atoms with E-state index in [0.29, 0.717) is 22.3 Å². The summed E-state index contributed by atoms with van der Waals surface area (Å²) in [5.41, 5.74) is 1.29. The highest BCUT2D eigenvalue weighted by Gasteiger charge is 2.10. The van der Waals surface area contributed by atoms with Gasteiger partial charge in [-0.1, -0.05) is 6.07 Å². The van der Waals surface area contributed by atoms with E-state index in [0.717, 1.165) is 5.69 Å². The van der Waals surface area contributed by atoms with Gasteiger partial charge in [0.1, 0.15) is 5.75 Å². The number of aromatic nitrogens is 1. The van der Waals surface area contributed by atoms with E-state index < -0.39 is 0 Å². The first-order valence-corrected chi connectivity index (χ1v) is 7.58. The normalized spacial score (nSPS) is 10.6. The minimum Gasteiger partial charge on any atom is -0.491 e. The van der Waals surface area contributed by atoms with Crippen molar-refractivity contribution in [1.29, 1.82) is 0 Å². The standard InChI is InChI=1S/C14H15ClN2O2S/c1-9(2)19-12-5-3-4-10(6-12)13(18)17-14-16-11(7-15)8-20-14/h3-6,8-9H,7H2,1-2H3,(H,16,17,18). The number of carbonyl (C=O) groups is 1. The van der Waals surface area contributed by atoms with Gasteiger partial charge in [-0.25, -0.2) is 4.98 Å². The number of anilines is 1. The summed E-state index contributed by atoms with van der Waals surface area (Å²) in [4.78, 5) is 16.3. The Labute approximate surface area is 126 Å². The van der Waals surface area contributed by atoms with Crippen molar-refractivity contribution < 1.29 is 9.53 Å². The summed E-state index contributed by atoms with van der Waals surface area (Å²) in [5, 5.41) is 5.11. The molecule has 0 fully saturated rings. The van der Waals surface area contributed by atoms with Gasteiger partial charge in [-0.3, -0.25) is 10.1 Å². The second-order valence-corrected chi connectivity index (χ2v) is 5.55. The highest BCUT2D eigenvalue weighted by atomic mass is 35.5. The maximum atomic E-state index is 12.1. The van der Waals surface area contributed by atoms with Crippen molar-refractivity contribution in [2.75, 3.05) is 5.32 Å². The SMILES string of the molecule is CC(C)Oc1cccc(C(=O)Nc2nc(CCl)cs2)c1. The molecule has 1 aromatic heterocycles. The fourth-order valence-corrected chi connectivity index (χ4v) is 2.51. The van der Waals surface area contributed by atoms with E-state index in [4.69, 9.17) is 16.3 Å². The number of ether oxygens (including phenoxy) is 1. The Hall–Kier alpha value is -1.59. The molecule has 0 saturated heterocycles. The molecule has 1 N–H and O–H groups in total. The lowest BCUT2D eigenvalue weighted by atomic mass is 10.2. The predicted molar refractivity (Wildman–Crippen MR) is 81.8 cm³/mol. The molecule has 0 radical (unpaired) electrons. The van der Waals surface area contributed by atoms with Crippen molar-refractivity contribution >= 4 is 34.0 Å². The maximum Gasteiger partial charge on any atom is 0.257 e. The fourth-order valence-electron chi connectivity index (χ4n) is 1.58. The number of alkyl halides is 1. The van der Waals surface area contributed by atoms with Gasteiger partial charge in [-0.15, -0.1) is 22.9 Å². The summed E-state index contributed by atoms with van der Waals surface area (Å²) >= 11 is 7.03. The number of hydrogen-bond acceptors (Lipinski definition) is 4. The zero-order valence-electron chi connectivity index (χ0n) is 11.2. The summed E-state index contributed by atoms with van der Waals surface area (Å²) < 4.78 is 5.57. The highest BCUT2D eigenvalue weighted by molar-refractivity contribution is 7.14. The molecule has 0 atom stereocenters. The van der Waals surface area contributed by atoms with Crippen molar-refractivity contribution in [3.63, 3.8) is 0 Å². The van der Waals surface area contributed by atoms with Gasteiger partial charge < -0.3 is 4.74 Å². The molecule has 0 bridgehead atoms. The van der Waals surface area contributed by atoms with Crippen LogP contribution in [0.25, 0.3) is 0 Å². The van der Waals surface area contributed by atoms with Crippen LogP contribution in [-0.2, 0) is 5.88 Å². The quantitative estimate of drug-likeness (QED) is 0.852. The van der Waals surface area contributed by atoms with Crippen molar-refractivity contribution in [3.05, 3.63) is 40.9 Å². The highest BCUT2D eigenvalue weighted by Crippen LogP contribution is 2.19. The minimum atomic E-state index is -0.213. The van der Waals surface area contributed by atoms with E-state index in [-0.39, 0.29) is 12.0 Å². The first-order valence-electron chi connectivity index (χ1n) is 6.17. The van der Waals surface area contributed by atoms with Gasteiger partial charge in [0.15, 0.2) is 5.13 Å². The number of thiazole rings is 1. The van der Waals surface area contributed by atoms with Crippen molar-refractivity contribution in [2.24, 2.45) is 0 Å². The Bertz CT molecular complexity index is 598. The first kappa shape index (κ1) is 14.8. The van der Waals surface area contributed by atoms with E-state index in [2.05, 4.69) is 10.3 Å². The van der Waals surface area contributed by atoms with Gasteiger partial charge in [0.05, 0.1) is 17.7 Å². The van der Waals surface area contributed by atoms with Gasteiger partial charge in [0.2, 0.25) is 0 Å². The number of nitrogens with one attached hydrogen (secondary N) is 1. The van der Waals surface area contributed by atoms with Gasteiger partial charge >= 0.3 is 0 Å². The molecule has 1 aromatic carbocycles. The molecule has 0 aliphatic carbocycles. The van der Waals surface area contributed by atoms with Crippen LogP contribution in [-0.4, -0.2) is 17.0 Å². The summed E-state index contributed by atoms with van der Waals surface area (Å²) in [6.07, 6.45) is 0.0681. The van der Waals surface area contributed by atoms with Crippen LogP contribution in [0.2, 0.25) is 0 Å². The Balaban J connectivity index is 2.08. The van der Waals surface area contributed by atoms with E-state index >= 15 is 0 Å². The molecule has 20 heavy (non-hydrogen) atoms. The van der Waals surface area contributed by atoms with Crippen LogP contribution < -0.4 is 10.1 Å². The Kier molecular flexibility index (Phi) is 4.98. The Morgan fingerprint density at radius 2 is 2.30 bits per heavy atom. The third-order valence-electron chi connectivity index (χ3n) is 2.38. The van der Waals surface area contributed by atoms with Crippen LogP contribution in [0.5, 0.6) is 5.75 Å².